The third-order valence-corrected chi connectivity index (χ3v) is 6.02. The zero-order valence-electron chi connectivity index (χ0n) is 14.2. The summed E-state index contributed by atoms with van der Waals surface area (Å²) in [4.78, 5) is 12.2. The largest absolute Gasteiger partial charge is 0.381 e. The highest BCUT2D eigenvalue weighted by Gasteiger charge is 2.42. The maximum Gasteiger partial charge on any atom is 0.193 e. The van der Waals surface area contributed by atoms with Crippen LogP contribution < -0.4 is 5.32 Å². The molecule has 0 aromatic carbocycles. The Morgan fingerprint density at radius 2 is 2.04 bits per heavy atom. The molecule has 2 atom stereocenters. The first kappa shape index (κ1) is 17.7. The summed E-state index contributed by atoms with van der Waals surface area (Å²) < 4.78 is 5.63. The number of ether oxygens (including phenoxy) is 1. The molecule has 0 saturated carbocycles. The van der Waals surface area contributed by atoms with Gasteiger partial charge in [0.15, 0.2) is 5.96 Å². The van der Waals surface area contributed by atoms with Crippen molar-refractivity contribution in [1.82, 2.24) is 20.0 Å². The maximum atomic E-state index is 5.63. The lowest BCUT2D eigenvalue weighted by Crippen LogP contribution is -2.64. The Morgan fingerprint density at radius 1 is 1.22 bits per heavy atom. The molecule has 6 nitrogen and oxygen atoms in total. The fraction of sp³-hybridized carbons (Fsp3) is 0.938. The monoisotopic (exact) mass is 435 g/mol. The van der Waals surface area contributed by atoms with Crippen molar-refractivity contribution < 1.29 is 4.74 Å². The van der Waals surface area contributed by atoms with Gasteiger partial charge in [-0.15, -0.1) is 24.0 Å². The topological polar surface area (TPSA) is 43.3 Å². The average molecular weight is 435 g/mol. The smallest absolute Gasteiger partial charge is 0.193 e. The molecule has 5 aliphatic rings. The number of aliphatic imine (C=N–C) groups is 1. The van der Waals surface area contributed by atoms with Gasteiger partial charge in [0.05, 0.1) is 6.61 Å². The molecule has 5 fully saturated rings. The van der Waals surface area contributed by atoms with E-state index in [9.17, 15) is 0 Å². The SMILES string of the molecule is CN=C(NCC1CN2CCN1CC2)N1CCC2(CCOC2)C1.I. The number of guanidine groups is 1. The van der Waals surface area contributed by atoms with E-state index in [1.54, 1.807) is 0 Å². The van der Waals surface area contributed by atoms with Gasteiger partial charge in [-0.1, -0.05) is 0 Å². The third-order valence-electron chi connectivity index (χ3n) is 6.02. The van der Waals surface area contributed by atoms with Crippen molar-refractivity contribution in [3.8, 4) is 0 Å². The number of hydrogen-bond donors (Lipinski definition) is 1. The normalized spacial score (nSPS) is 39.8. The van der Waals surface area contributed by atoms with Crippen LogP contribution >= 0.6 is 24.0 Å². The van der Waals surface area contributed by atoms with E-state index in [0.29, 0.717) is 11.5 Å². The summed E-state index contributed by atoms with van der Waals surface area (Å²) in [5, 5.41) is 3.64. The summed E-state index contributed by atoms with van der Waals surface area (Å²) in [6.07, 6.45) is 2.46. The van der Waals surface area contributed by atoms with Crippen molar-refractivity contribution in [2.24, 2.45) is 10.4 Å². The molecule has 1 N–H and O–H groups in total. The molecule has 132 valence electrons. The molecule has 0 radical (unpaired) electrons. The lowest BCUT2D eigenvalue weighted by molar-refractivity contribution is 0.0152. The Kier molecular flexibility index (Phi) is 5.70. The van der Waals surface area contributed by atoms with Crippen LogP contribution in [0.3, 0.4) is 0 Å². The highest BCUT2D eigenvalue weighted by atomic mass is 127. The first-order valence-corrected chi connectivity index (χ1v) is 8.78. The molecule has 1 spiro atoms. The minimum Gasteiger partial charge on any atom is -0.381 e. The summed E-state index contributed by atoms with van der Waals surface area (Å²) in [5.74, 6) is 1.08. The Morgan fingerprint density at radius 3 is 2.65 bits per heavy atom. The summed E-state index contributed by atoms with van der Waals surface area (Å²) >= 11 is 0. The number of nitrogens with zero attached hydrogens (tertiary/aromatic N) is 4. The van der Waals surface area contributed by atoms with Crippen LogP contribution in [-0.2, 0) is 4.74 Å². The van der Waals surface area contributed by atoms with Crippen molar-refractivity contribution in [2.45, 2.75) is 18.9 Å². The molecular formula is C16H30IN5O. The number of likely N-dealkylation sites (tertiary alicyclic amines) is 1. The Labute approximate surface area is 156 Å². The van der Waals surface area contributed by atoms with Gasteiger partial charge in [0.1, 0.15) is 0 Å². The molecule has 5 aliphatic heterocycles. The minimum absolute atomic E-state index is 0. The molecule has 2 unspecified atom stereocenters. The van der Waals surface area contributed by atoms with E-state index in [1.165, 1.54) is 45.6 Å². The second-order valence-electron chi connectivity index (χ2n) is 7.39. The highest BCUT2D eigenvalue weighted by Crippen LogP contribution is 2.38. The van der Waals surface area contributed by atoms with Gasteiger partial charge < -0.3 is 15.0 Å². The maximum absolute atomic E-state index is 5.63. The number of hydrogen-bond acceptors (Lipinski definition) is 4. The number of rotatable bonds is 2. The van der Waals surface area contributed by atoms with E-state index in [2.05, 4.69) is 25.0 Å². The van der Waals surface area contributed by atoms with Crippen LogP contribution in [0.2, 0.25) is 0 Å². The van der Waals surface area contributed by atoms with Gasteiger partial charge >= 0.3 is 0 Å². The Hall–Kier alpha value is -0.120. The molecule has 23 heavy (non-hydrogen) atoms. The Balaban J connectivity index is 0.00000156. The number of halogens is 1. The van der Waals surface area contributed by atoms with Crippen LogP contribution in [-0.4, -0.2) is 99.3 Å². The lowest BCUT2D eigenvalue weighted by atomic mass is 9.87. The minimum atomic E-state index is 0. The molecule has 7 heteroatoms. The summed E-state index contributed by atoms with van der Waals surface area (Å²) in [6, 6.07) is 0.644. The molecule has 5 rings (SSSR count). The first-order chi connectivity index (χ1) is 10.8. The van der Waals surface area contributed by atoms with Gasteiger partial charge in [-0.3, -0.25) is 14.8 Å². The van der Waals surface area contributed by atoms with E-state index in [4.69, 9.17) is 4.74 Å². The van der Waals surface area contributed by atoms with Crippen molar-refractivity contribution in [3.63, 3.8) is 0 Å². The molecule has 0 amide bonds. The molecule has 2 bridgehead atoms. The van der Waals surface area contributed by atoms with Crippen LogP contribution in [0.1, 0.15) is 12.8 Å². The van der Waals surface area contributed by atoms with E-state index in [1.807, 2.05) is 7.05 Å². The number of nitrogens with one attached hydrogen (secondary N) is 1. The fourth-order valence-corrected chi connectivity index (χ4v) is 4.55. The van der Waals surface area contributed by atoms with E-state index >= 15 is 0 Å². The van der Waals surface area contributed by atoms with Crippen molar-refractivity contribution in [2.75, 3.05) is 72.6 Å². The third kappa shape index (κ3) is 3.62. The van der Waals surface area contributed by atoms with Crippen molar-refractivity contribution in [1.29, 1.82) is 0 Å². The van der Waals surface area contributed by atoms with Gasteiger partial charge in [0.25, 0.3) is 0 Å². The van der Waals surface area contributed by atoms with E-state index in [-0.39, 0.29) is 24.0 Å². The standard InChI is InChI=1S/C16H29N5O.HI/c1-17-15(21-4-2-16(12-21)3-9-22-13-16)18-10-14-11-19-5-7-20(14)8-6-19;/h14H,2-13H2,1H3,(H,17,18);1H. The lowest BCUT2D eigenvalue weighted by Gasteiger charge is -2.47. The van der Waals surface area contributed by atoms with Gasteiger partial charge in [-0.05, 0) is 12.8 Å². The van der Waals surface area contributed by atoms with Crippen LogP contribution in [0.15, 0.2) is 4.99 Å². The van der Waals surface area contributed by atoms with Crippen LogP contribution in [0, 0.1) is 5.41 Å². The quantitative estimate of drug-likeness (QED) is 0.384. The molecule has 0 aromatic rings. The van der Waals surface area contributed by atoms with Gasteiger partial charge in [-0.25, -0.2) is 0 Å². The molecule has 0 aromatic heterocycles. The van der Waals surface area contributed by atoms with E-state index < -0.39 is 0 Å². The van der Waals surface area contributed by atoms with Gasteiger partial charge in [0, 0.05) is 77.5 Å². The van der Waals surface area contributed by atoms with Crippen molar-refractivity contribution >= 4 is 29.9 Å². The van der Waals surface area contributed by atoms with Gasteiger partial charge in [0.2, 0.25) is 0 Å². The summed E-state index contributed by atoms with van der Waals surface area (Å²) in [6.45, 7) is 11.3. The number of piperazine rings is 3. The molecule has 5 heterocycles. The molecule has 5 saturated heterocycles. The molecular weight excluding hydrogens is 405 g/mol. The average Bonchev–Trinajstić information content (AvgIpc) is 3.20. The fourth-order valence-electron chi connectivity index (χ4n) is 4.55. The first-order valence-electron chi connectivity index (χ1n) is 8.78. The Bertz CT molecular complexity index is 432. The van der Waals surface area contributed by atoms with E-state index in [0.717, 1.165) is 38.8 Å². The van der Waals surface area contributed by atoms with Crippen LogP contribution in [0.5, 0.6) is 0 Å². The predicted molar refractivity (Wildman–Crippen MR) is 103 cm³/mol. The summed E-state index contributed by atoms with van der Waals surface area (Å²) in [7, 11) is 1.91. The summed E-state index contributed by atoms with van der Waals surface area (Å²) in [5.41, 5.74) is 0.400. The van der Waals surface area contributed by atoms with Crippen LogP contribution in [0.4, 0.5) is 0 Å². The second-order valence-corrected chi connectivity index (χ2v) is 7.39. The zero-order valence-corrected chi connectivity index (χ0v) is 16.5. The van der Waals surface area contributed by atoms with Crippen LogP contribution in [0.25, 0.3) is 0 Å². The predicted octanol–water partition coefficient (Wildman–Crippen LogP) is 0.292. The highest BCUT2D eigenvalue weighted by molar-refractivity contribution is 14.0. The second kappa shape index (κ2) is 7.41. The number of fused-ring (bicyclic) bond motifs is 3. The zero-order chi connectivity index (χ0) is 15.0. The van der Waals surface area contributed by atoms with Gasteiger partial charge in [-0.2, -0.15) is 0 Å². The van der Waals surface area contributed by atoms with Crippen molar-refractivity contribution in [3.05, 3.63) is 0 Å². The molecule has 0 aliphatic carbocycles.